The first-order valence-electron chi connectivity index (χ1n) is 7.51. The molecule has 1 saturated carbocycles. The minimum Gasteiger partial charge on any atom is -0.396 e. The van der Waals surface area contributed by atoms with Crippen LogP contribution in [0.25, 0.3) is 0 Å². The molecule has 0 spiro atoms. The number of hydrogen-bond acceptors (Lipinski definition) is 2. The van der Waals surface area contributed by atoms with Crippen molar-refractivity contribution in [2.24, 2.45) is 5.92 Å². The zero-order chi connectivity index (χ0) is 16.0. The molecule has 0 heterocycles. The molecule has 2 rings (SSSR count). The summed E-state index contributed by atoms with van der Waals surface area (Å²) in [7, 11) is 0. The van der Waals surface area contributed by atoms with Crippen LogP contribution in [-0.4, -0.2) is 24.3 Å². The van der Waals surface area contributed by atoms with Gasteiger partial charge in [0.15, 0.2) is 0 Å². The maximum Gasteiger partial charge on any atom is 0.416 e. The first-order chi connectivity index (χ1) is 10.5. The Balaban J connectivity index is 1.86. The maximum absolute atomic E-state index is 12.4. The van der Waals surface area contributed by atoms with Crippen molar-refractivity contribution in [3.8, 4) is 11.8 Å². The van der Waals surface area contributed by atoms with Crippen LogP contribution < -0.4 is 5.32 Å². The molecule has 0 aromatic heterocycles. The minimum atomic E-state index is -4.31. The van der Waals surface area contributed by atoms with E-state index in [0.717, 1.165) is 37.8 Å². The zero-order valence-electron chi connectivity index (χ0n) is 12.3. The molecule has 120 valence electrons. The van der Waals surface area contributed by atoms with Crippen LogP contribution in [0.2, 0.25) is 0 Å². The van der Waals surface area contributed by atoms with Crippen molar-refractivity contribution < 1.29 is 18.3 Å². The number of rotatable bonds is 3. The number of hydrogen-bond donors (Lipinski definition) is 2. The molecule has 0 radical (unpaired) electrons. The number of aliphatic hydroxyl groups is 1. The first kappa shape index (κ1) is 16.9. The maximum atomic E-state index is 12.4. The highest BCUT2D eigenvalue weighted by molar-refractivity contribution is 5.37. The van der Waals surface area contributed by atoms with Gasteiger partial charge in [0.25, 0.3) is 0 Å². The van der Waals surface area contributed by atoms with E-state index < -0.39 is 11.7 Å². The zero-order valence-corrected chi connectivity index (χ0v) is 12.3. The normalized spacial score (nSPS) is 22.0. The molecule has 0 amide bonds. The Kier molecular flexibility index (Phi) is 5.87. The van der Waals surface area contributed by atoms with Crippen molar-refractivity contribution >= 4 is 0 Å². The summed E-state index contributed by atoms with van der Waals surface area (Å²) in [5, 5.41) is 12.6. The molecule has 1 aromatic carbocycles. The van der Waals surface area contributed by atoms with Gasteiger partial charge < -0.3 is 10.4 Å². The average molecular weight is 311 g/mol. The van der Waals surface area contributed by atoms with Gasteiger partial charge in [0.2, 0.25) is 0 Å². The van der Waals surface area contributed by atoms with E-state index in [9.17, 15) is 18.3 Å². The summed E-state index contributed by atoms with van der Waals surface area (Å²) in [6.07, 6.45) is 0.0582. The van der Waals surface area contributed by atoms with Crippen LogP contribution in [0.3, 0.4) is 0 Å². The first-order valence-corrected chi connectivity index (χ1v) is 7.51. The number of alkyl halides is 3. The molecule has 0 bridgehead atoms. The summed E-state index contributed by atoms with van der Waals surface area (Å²) in [4.78, 5) is 0. The summed E-state index contributed by atoms with van der Waals surface area (Å²) in [6.45, 7) is 0.659. The van der Waals surface area contributed by atoms with E-state index in [1.807, 2.05) is 0 Å². The highest BCUT2D eigenvalue weighted by atomic mass is 19.4. The van der Waals surface area contributed by atoms with Crippen LogP contribution in [0, 0.1) is 17.8 Å². The molecule has 22 heavy (non-hydrogen) atoms. The third kappa shape index (κ3) is 4.75. The second kappa shape index (κ2) is 7.66. The Bertz CT molecular complexity index is 528. The van der Waals surface area contributed by atoms with Crippen molar-refractivity contribution in [2.45, 2.75) is 37.9 Å². The number of nitrogens with one attached hydrogen (secondary N) is 1. The van der Waals surface area contributed by atoms with Gasteiger partial charge in [-0.25, -0.2) is 0 Å². The van der Waals surface area contributed by atoms with Crippen LogP contribution >= 0.6 is 0 Å². The fourth-order valence-electron chi connectivity index (χ4n) is 2.77. The smallest absolute Gasteiger partial charge is 0.396 e. The molecular formula is C17H20F3NO. The predicted molar refractivity (Wildman–Crippen MR) is 79.2 cm³/mol. The number of halogens is 3. The SMILES string of the molecule is OCC1CCCCC1NCC#Cc1ccc(C(F)(F)F)cc1. The second-order valence-electron chi connectivity index (χ2n) is 5.59. The van der Waals surface area contributed by atoms with Gasteiger partial charge in [-0.2, -0.15) is 13.2 Å². The number of benzene rings is 1. The molecular weight excluding hydrogens is 291 g/mol. The lowest BCUT2D eigenvalue weighted by Gasteiger charge is -2.30. The highest BCUT2D eigenvalue weighted by Gasteiger charge is 2.29. The molecule has 1 aliphatic rings. The van der Waals surface area contributed by atoms with E-state index in [-0.39, 0.29) is 18.6 Å². The van der Waals surface area contributed by atoms with Crippen LogP contribution in [0.15, 0.2) is 24.3 Å². The molecule has 2 nitrogen and oxygen atoms in total. The van der Waals surface area contributed by atoms with Gasteiger partial charge in [-0.15, -0.1) is 0 Å². The van der Waals surface area contributed by atoms with Gasteiger partial charge in [-0.1, -0.05) is 24.7 Å². The fraction of sp³-hybridized carbons (Fsp3) is 0.529. The lowest BCUT2D eigenvalue weighted by Crippen LogP contribution is -2.40. The van der Waals surface area contributed by atoms with Crippen molar-refractivity contribution in [2.75, 3.05) is 13.2 Å². The van der Waals surface area contributed by atoms with Crippen LogP contribution in [0.5, 0.6) is 0 Å². The largest absolute Gasteiger partial charge is 0.416 e. The molecule has 0 aliphatic heterocycles. The van der Waals surface area contributed by atoms with Gasteiger partial charge in [0.1, 0.15) is 0 Å². The Morgan fingerprint density at radius 3 is 2.45 bits per heavy atom. The standard InChI is InChI=1S/C17H20F3NO/c18-17(19,20)15-9-7-13(8-10-15)4-3-11-21-16-6-2-1-5-14(16)12-22/h7-10,14,16,21-22H,1-2,5-6,11-12H2. The lowest BCUT2D eigenvalue weighted by molar-refractivity contribution is -0.137. The fourth-order valence-corrected chi connectivity index (χ4v) is 2.77. The van der Waals surface area contributed by atoms with E-state index in [1.165, 1.54) is 12.1 Å². The quantitative estimate of drug-likeness (QED) is 0.840. The molecule has 2 N–H and O–H groups in total. The van der Waals surface area contributed by atoms with Crippen molar-refractivity contribution in [1.29, 1.82) is 0 Å². The van der Waals surface area contributed by atoms with Gasteiger partial charge in [0, 0.05) is 18.2 Å². The molecule has 1 aromatic rings. The topological polar surface area (TPSA) is 32.3 Å². The van der Waals surface area contributed by atoms with E-state index in [2.05, 4.69) is 17.2 Å². The van der Waals surface area contributed by atoms with E-state index in [4.69, 9.17) is 0 Å². The number of aliphatic hydroxyl groups excluding tert-OH is 1. The molecule has 1 aliphatic carbocycles. The van der Waals surface area contributed by atoms with Crippen LogP contribution in [-0.2, 0) is 6.18 Å². The second-order valence-corrected chi connectivity index (χ2v) is 5.59. The lowest BCUT2D eigenvalue weighted by atomic mass is 9.85. The third-order valence-corrected chi connectivity index (χ3v) is 4.04. The molecule has 2 atom stereocenters. The third-order valence-electron chi connectivity index (χ3n) is 4.04. The highest BCUT2D eigenvalue weighted by Crippen LogP contribution is 2.29. The van der Waals surface area contributed by atoms with E-state index in [0.29, 0.717) is 12.1 Å². The monoisotopic (exact) mass is 311 g/mol. The van der Waals surface area contributed by atoms with Crippen LogP contribution in [0.4, 0.5) is 13.2 Å². The van der Waals surface area contributed by atoms with Gasteiger partial charge in [-0.05, 0) is 43.0 Å². The van der Waals surface area contributed by atoms with Gasteiger partial charge in [-0.3, -0.25) is 0 Å². The molecule has 2 unspecified atom stereocenters. The summed E-state index contributed by atoms with van der Waals surface area (Å²) in [6, 6.07) is 5.13. The average Bonchev–Trinajstić information content (AvgIpc) is 2.51. The molecule has 0 saturated heterocycles. The van der Waals surface area contributed by atoms with E-state index >= 15 is 0 Å². The predicted octanol–water partition coefficient (Wildman–Crippen LogP) is 3.20. The summed E-state index contributed by atoms with van der Waals surface area (Å²) >= 11 is 0. The Morgan fingerprint density at radius 2 is 1.82 bits per heavy atom. The van der Waals surface area contributed by atoms with Crippen molar-refractivity contribution in [3.05, 3.63) is 35.4 Å². The van der Waals surface area contributed by atoms with Gasteiger partial charge in [0.05, 0.1) is 12.1 Å². The summed E-state index contributed by atoms with van der Waals surface area (Å²) < 4.78 is 37.3. The van der Waals surface area contributed by atoms with Crippen LogP contribution in [0.1, 0.15) is 36.8 Å². The molecule has 1 fully saturated rings. The Labute approximate surface area is 128 Å². The Morgan fingerprint density at radius 1 is 1.14 bits per heavy atom. The minimum absolute atomic E-state index is 0.185. The molecule has 5 heteroatoms. The van der Waals surface area contributed by atoms with Crippen molar-refractivity contribution in [1.82, 2.24) is 5.32 Å². The van der Waals surface area contributed by atoms with Crippen molar-refractivity contribution in [3.63, 3.8) is 0 Å². The van der Waals surface area contributed by atoms with Gasteiger partial charge >= 0.3 is 6.18 Å². The van der Waals surface area contributed by atoms with E-state index in [1.54, 1.807) is 0 Å². The summed E-state index contributed by atoms with van der Waals surface area (Å²) in [5.74, 6) is 6.06. The Hall–Kier alpha value is -1.51. The summed E-state index contributed by atoms with van der Waals surface area (Å²) in [5.41, 5.74) is -0.0960.